The molecule has 0 unspecified atom stereocenters. The third-order valence-electron chi connectivity index (χ3n) is 2.65. The second-order valence-electron chi connectivity index (χ2n) is 4.14. The van der Waals surface area contributed by atoms with Crippen molar-refractivity contribution in [2.45, 2.75) is 47.0 Å². The fourth-order valence-electron chi connectivity index (χ4n) is 1.73. The van der Waals surface area contributed by atoms with Crippen LogP contribution in [0, 0.1) is 13.8 Å². The van der Waals surface area contributed by atoms with E-state index >= 15 is 0 Å². The summed E-state index contributed by atoms with van der Waals surface area (Å²) < 4.78 is 5.56. The molecule has 84 valence electrons. The summed E-state index contributed by atoms with van der Waals surface area (Å²) in [6, 6.07) is 4.23. The molecule has 0 spiro atoms. The van der Waals surface area contributed by atoms with Crippen LogP contribution in [-0.2, 0) is 6.42 Å². The van der Waals surface area contributed by atoms with Crippen LogP contribution in [0.25, 0.3) is 0 Å². The van der Waals surface area contributed by atoms with E-state index in [0.717, 1.165) is 18.8 Å². The van der Waals surface area contributed by atoms with Gasteiger partial charge in [-0.15, -0.1) is 0 Å². The minimum atomic E-state index is 0.884. The highest BCUT2D eigenvalue weighted by Gasteiger charge is 2.12. The molecule has 1 heterocycles. The van der Waals surface area contributed by atoms with Crippen molar-refractivity contribution in [3.63, 3.8) is 0 Å². The number of benzene rings is 1. The largest absolute Gasteiger partial charge is 0.493 e. The van der Waals surface area contributed by atoms with Crippen LogP contribution in [0.2, 0.25) is 0 Å². The summed E-state index contributed by atoms with van der Waals surface area (Å²) in [5, 5.41) is 0. The van der Waals surface area contributed by atoms with E-state index in [1.165, 1.54) is 29.5 Å². The third-order valence-corrected chi connectivity index (χ3v) is 2.65. The fraction of sp³-hybridized carbons (Fsp3) is 0.571. The molecule has 0 amide bonds. The molecule has 0 saturated carbocycles. The van der Waals surface area contributed by atoms with Gasteiger partial charge in [-0.1, -0.05) is 26.3 Å². The van der Waals surface area contributed by atoms with E-state index in [0.29, 0.717) is 0 Å². The molecule has 0 atom stereocenters. The molecule has 0 saturated heterocycles. The molecule has 1 heteroatoms. The number of hydrogen-bond acceptors (Lipinski definition) is 1. The van der Waals surface area contributed by atoms with Gasteiger partial charge in [0.05, 0.1) is 6.61 Å². The highest BCUT2D eigenvalue weighted by atomic mass is 16.5. The number of aryl methyl sites for hydroxylation is 1. The Labute approximate surface area is 93.5 Å². The van der Waals surface area contributed by atoms with Crippen LogP contribution in [0.1, 0.15) is 43.4 Å². The van der Waals surface area contributed by atoms with Gasteiger partial charge in [0, 0.05) is 0 Å². The van der Waals surface area contributed by atoms with E-state index in [-0.39, 0.29) is 0 Å². The summed E-state index contributed by atoms with van der Waals surface area (Å²) in [6.07, 6.45) is 3.60. The quantitative estimate of drug-likeness (QED) is 0.622. The minimum absolute atomic E-state index is 0.884. The summed E-state index contributed by atoms with van der Waals surface area (Å²) in [4.78, 5) is 0. The molecule has 0 bridgehead atoms. The van der Waals surface area contributed by atoms with Crippen LogP contribution < -0.4 is 4.74 Å². The topological polar surface area (TPSA) is 9.23 Å². The predicted molar refractivity (Wildman–Crippen MR) is 65.7 cm³/mol. The van der Waals surface area contributed by atoms with Gasteiger partial charge in [0.2, 0.25) is 0 Å². The summed E-state index contributed by atoms with van der Waals surface area (Å²) >= 11 is 0. The summed E-state index contributed by atoms with van der Waals surface area (Å²) in [7, 11) is 0. The van der Waals surface area contributed by atoms with Crippen molar-refractivity contribution in [3.05, 3.63) is 28.8 Å². The normalized spacial score (nSPS) is 13.3. The average Bonchev–Trinajstić information content (AvgIpc) is 2.25. The number of rotatable bonds is 0. The standard InChI is InChI=1S/C11H14O.C3H8/c1-8-5-6-11-10(9(8)2)4-3-7-12-11;1-3-2/h5-6H,3-4,7H2,1-2H3;3H2,1-2H3. The van der Waals surface area contributed by atoms with E-state index in [1.807, 2.05) is 0 Å². The first-order valence-corrected chi connectivity index (χ1v) is 5.92. The van der Waals surface area contributed by atoms with Crippen molar-refractivity contribution >= 4 is 0 Å². The van der Waals surface area contributed by atoms with Gasteiger partial charge in [-0.05, 0) is 49.4 Å². The fourth-order valence-corrected chi connectivity index (χ4v) is 1.73. The molecule has 1 aliphatic rings. The maximum Gasteiger partial charge on any atom is 0.122 e. The van der Waals surface area contributed by atoms with E-state index in [1.54, 1.807) is 0 Å². The van der Waals surface area contributed by atoms with Crippen LogP contribution in [-0.4, -0.2) is 6.61 Å². The molecule has 0 fully saturated rings. The highest BCUT2D eigenvalue weighted by molar-refractivity contribution is 5.44. The Morgan fingerprint density at radius 1 is 1.20 bits per heavy atom. The monoisotopic (exact) mass is 206 g/mol. The molecule has 0 aromatic heterocycles. The molecule has 2 rings (SSSR count). The zero-order chi connectivity index (χ0) is 11.3. The lowest BCUT2D eigenvalue weighted by atomic mass is 9.97. The Kier molecular flexibility index (Phi) is 4.67. The number of ether oxygens (including phenoxy) is 1. The average molecular weight is 206 g/mol. The van der Waals surface area contributed by atoms with Crippen molar-refractivity contribution in [2.75, 3.05) is 6.61 Å². The summed E-state index contributed by atoms with van der Waals surface area (Å²) in [5.41, 5.74) is 4.20. The molecule has 15 heavy (non-hydrogen) atoms. The van der Waals surface area contributed by atoms with Gasteiger partial charge in [0.25, 0.3) is 0 Å². The van der Waals surface area contributed by atoms with Gasteiger partial charge in [-0.3, -0.25) is 0 Å². The van der Waals surface area contributed by atoms with E-state index < -0.39 is 0 Å². The smallest absolute Gasteiger partial charge is 0.122 e. The van der Waals surface area contributed by atoms with E-state index in [9.17, 15) is 0 Å². The zero-order valence-corrected chi connectivity index (χ0v) is 10.4. The van der Waals surface area contributed by atoms with Gasteiger partial charge in [0.1, 0.15) is 5.75 Å². The highest BCUT2D eigenvalue weighted by Crippen LogP contribution is 2.29. The van der Waals surface area contributed by atoms with E-state index in [2.05, 4.69) is 39.8 Å². The molecular weight excluding hydrogens is 184 g/mol. The number of fused-ring (bicyclic) bond motifs is 1. The Morgan fingerprint density at radius 3 is 2.53 bits per heavy atom. The lowest BCUT2D eigenvalue weighted by Gasteiger charge is -2.19. The van der Waals surface area contributed by atoms with Crippen molar-refractivity contribution in [1.82, 2.24) is 0 Å². The maximum atomic E-state index is 5.56. The SMILES string of the molecule is CCC.Cc1ccc2c(c1C)CCCO2. The van der Waals surface area contributed by atoms with Crippen LogP contribution in [0.15, 0.2) is 12.1 Å². The first kappa shape index (κ1) is 12.1. The molecule has 0 radical (unpaired) electrons. The van der Waals surface area contributed by atoms with Crippen molar-refractivity contribution < 1.29 is 4.74 Å². The molecule has 1 aromatic carbocycles. The lowest BCUT2D eigenvalue weighted by molar-refractivity contribution is 0.287. The lowest BCUT2D eigenvalue weighted by Crippen LogP contribution is -2.10. The third kappa shape index (κ3) is 2.98. The van der Waals surface area contributed by atoms with Crippen molar-refractivity contribution in [1.29, 1.82) is 0 Å². The van der Waals surface area contributed by atoms with Gasteiger partial charge in [-0.2, -0.15) is 0 Å². The molecular formula is C14H22O. The molecule has 1 aromatic rings. The molecule has 0 N–H and O–H groups in total. The summed E-state index contributed by atoms with van der Waals surface area (Å²) in [5.74, 6) is 1.10. The van der Waals surface area contributed by atoms with Gasteiger partial charge >= 0.3 is 0 Å². The van der Waals surface area contributed by atoms with Gasteiger partial charge in [0.15, 0.2) is 0 Å². The second-order valence-corrected chi connectivity index (χ2v) is 4.14. The van der Waals surface area contributed by atoms with Crippen LogP contribution in [0.4, 0.5) is 0 Å². The first-order valence-electron chi connectivity index (χ1n) is 5.92. The zero-order valence-electron chi connectivity index (χ0n) is 10.4. The maximum absolute atomic E-state index is 5.56. The van der Waals surface area contributed by atoms with Gasteiger partial charge in [-0.25, -0.2) is 0 Å². The van der Waals surface area contributed by atoms with E-state index in [4.69, 9.17) is 4.74 Å². The van der Waals surface area contributed by atoms with Crippen LogP contribution in [0.5, 0.6) is 5.75 Å². The first-order chi connectivity index (χ1) is 7.20. The molecule has 1 nitrogen and oxygen atoms in total. The van der Waals surface area contributed by atoms with Crippen LogP contribution in [0.3, 0.4) is 0 Å². The van der Waals surface area contributed by atoms with Crippen molar-refractivity contribution in [3.8, 4) is 5.75 Å². The van der Waals surface area contributed by atoms with Crippen molar-refractivity contribution in [2.24, 2.45) is 0 Å². The Hall–Kier alpha value is -0.980. The van der Waals surface area contributed by atoms with Gasteiger partial charge < -0.3 is 4.74 Å². The predicted octanol–water partition coefficient (Wildman–Crippen LogP) is 4.04. The Morgan fingerprint density at radius 2 is 1.87 bits per heavy atom. The minimum Gasteiger partial charge on any atom is -0.493 e. The Balaban J connectivity index is 0.000000337. The summed E-state index contributed by atoms with van der Waals surface area (Å²) in [6.45, 7) is 9.47. The van der Waals surface area contributed by atoms with Crippen LogP contribution >= 0.6 is 0 Å². The molecule has 1 aliphatic heterocycles. The number of hydrogen-bond donors (Lipinski definition) is 0. The Bertz CT molecular complexity index is 315. The second kappa shape index (κ2) is 5.79. The molecule has 0 aliphatic carbocycles.